The summed E-state index contributed by atoms with van der Waals surface area (Å²) in [5.74, 6) is 1.35. The lowest BCUT2D eigenvalue weighted by Gasteiger charge is -2.13. The summed E-state index contributed by atoms with van der Waals surface area (Å²) in [6.07, 6.45) is 0. The molecule has 1 N–H and O–H groups in total. The Morgan fingerprint density at radius 2 is 1.74 bits per heavy atom. The van der Waals surface area contributed by atoms with Gasteiger partial charge >= 0.3 is 0 Å². The van der Waals surface area contributed by atoms with Gasteiger partial charge in [-0.25, -0.2) is 0 Å². The van der Waals surface area contributed by atoms with Gasteiger partial charge in [0, 0.05) is 12.1 Å². The first-order valence-electron chi connectivity index (χ1n) is 7.87. The molecular weight excluding hydrogens is 290 g/mol. The van der Waals surface area contributed by atoms with Gasteiger partial charge < -0.3 is 14.8 Å². The maximum Gasteiger partial charge on any atom is 0.251 e. The van der Waals surface area contributed by atoms with E-state index in [0.717, 1.165) is 16.9 Å². The van der Waals surface area contributed by atoms with E-state index < -0.39 is 0 Å². The van der Waals surface area contributed by atoms with Crippen LogP contribution in [0.3, 0.4) is 0 Å². The van der Waals surface area contributed by atoms with E-state index in [1.807, 2.05) is 63.2 Å². The normalized spacial score (nSPS) is 10.2. The van der Waals surface area contributed by atoms with Crippen LogP contribution in [0.5, 0.6) is 11.5 Å². The average molecular weight is 313 g/mol. The number of hydrogen-bond acceptors (Lipinski definition) is 3. The van der Waals surface area contributed by atoms with Crippen molar-refractivity contribution in [2.45, 2.75) is 27.3 Å². The molecule has 0 saturated heterocycles. The molecule has 0 aliphatic carbocycles. The Morgan fingerprint density at radius 1 is 1.00 bits per heavy atom. The van der Waals surface area contributed by atoms with Gasteiger partial charge in [0.15, 0.2) is 11.5 Å². The highest BCUT2D eigenvalue weighted by Gasteiger charge is 2.08. The Kier molecular flexibility index (Phi) is 6.03. The van der Waals surface area contributed by atoms with Crippen molar-refractivity contribution in [1.29, 1.82) is 0 Å². The molecule has 0 unspecified atom stereocenters. The second-order valence-electron chi connectivity index (χ2n) is 5.20. The van der Waals surface area contributed by atoms with Gasteiger partial charge in [0.1, 0.15) is 0 Å². The molecule has 0 radical (unpaired) electrons. The van der Waals surface area contributed by atoms with E-state index in [1.165, 1.54) is 0 Å². The first-order valence-corrected chi connectivity index (χ1v) is 7.87. The molecule has 0 fully saturated rings. The van der Waals surface area contributed by atoms with E-state index in [0.29, 0.717) is 31.1 Å². The van der Waals surface area contributed by atoms with Gasteiger partial charge in [0.05, 0.1) is 13.2 Å². The summed E-state index contributed by atoms with van der Waals surface area (Å²) in [6, 6.07) is 13.3. The van der Waals surface area contributed by atoms with Gasteiger partial charge in [-0.2, -0.15) is 0 Å². The van der Waals surface area contributed by atoms with E-state index >= 15 is 0 Å². The molecule has 2 aromatic rings. The predicted molar refractivity (Wildman–Crippen MR) is 91.1 cm³/mol. The van der Waals surface area contributed by atoms with Gasteiger partial charge in [-0.3, -0.25) is 4.79 Å². The molecule has 0 aliphatic rings. The Balaban J connectivity index is 2.05. The maximum atomic E-state index is 12.2. The Morgan fingerprint density at radius 3 is 2.43 bits per heavy atom. The van der Waals surface area contributed by atoms with Crippen molar-refractivity contribution in [1.82, 2.24) is 5.32 Å². The minimum atomic E-state index is -0.0828. The van der Waals surface area contributed by atoms with Crippen molar-refractivity contribution in [3.05, 3.63) is 59.2 Å². The molecule has 1 amide bonds. The quantitative estimate of drug-likeness (QED) is 0.847. The third-order valence-corrected chi connectivity index (χ3v) is 3.34. The van der Waals surface area contributed by atoms with E-state index in [9.17, 15) is 4.79 Å². The molecule has 122 valence electrons. The predicted octanol–water partition coefficient (Wildman–Crippen LogP) is 3.72. The number of ether oxygens (including phenoxy) is 2. The van der Waals surface area contributed by atoms with Crippen molar-refractivity contribution in [2.75, 3.05) is 13.2 Å². The van der Waals surface area contributed by atoms with Gasteiger partial charge in [-0.1, -0.05) is 23.8 Å². The number of hydrogen-bond donors (Lipinski definition) is 1. The highest BCUT2D eigenvalue weighted by atomic mass is 16.5. The van der Waals surface area contributed by atoms with E-state index in [1.54, 1.807) is 0 Å². The zero-order chi connectivity index (χ0) is 16.7. The molecular formula is C19H23NO3. The Labute approximate surface area is 137 Å². The number of nitrogens with one attached hydrogen (secondary N) is 1. The van der Waals surface area contributed by atoms with Gasteiger partial charge in [0.25, 0.3) is 5.91 Å². The Bertz CT molecular complexity index is 667. The molecule has 0 atom stereocenters. The Hall–Kier alpha value is -2.49. The van der Waals surface area contributed by atoms with Crippen LogP contribution in [0.15, 0.2) is 42.5 Å². The van der Waals surface area contributed by atoms with Crippen LogP contribution in [0, 0.1) is 6.92 Å². The number of carbonyl (C=O) groups is 1. The summed E-state index contributed by atoms with van der Waals surface area (Å²) in [7, 11) is 0. The zero-order valence-corrected chi connectivity index (χ0v) is 13.9. The number of benzene rings is 2. The van der Waals surface area contributed by atoms with E-state index in [4.69, 9.17) is 9.47 Å². The van der Waals surface area contributed by atoms with Crippen LogP contribution < -0.4 is 14.8 Å². The summed E-state index contributed by atoms with van der Waals surface area (Å²) >= 11 is 0. The molecule has 2 rings (SSSR count). The monoisotopic (exact) mass is 313 g/mol. The molecule has 0 heterocycles. The van der Waals surface area contributed by atoms with Crippen molar-refractivity contribution >= 4 is 5.91 Å². The standard InChI is InChI=1S/C19H23NO3/c1-4-22-17-10-9-15(12-18(17)23-5-2)13-20-19(21)16-8-6-7-14(3)11-16/h6-12H,4-5,13H2,1-3H3,(H,20,21). The summed E-state index contributed by atoms with van der Waals surface area (Å²) in [6.45, 7) is 7.44. The molecule has 0 spiro atoms. The zero-order valence-electron chi connectivity index (χ0n) is 13.9. The molecule has 4 nitrogen and oxygen atoms in total. The van der Waals surface area contributed by atoms with Crippen molar-refractivity contribution in [2.24, 2.45) is 0 Å². The maximum absolute atomic E-state index is 12.2. The molecule has 0 aromatic heterocycles. The van der Waals surface area contributed by atoms with Crippen LogP contribution in [0.25, 0.3) is 0 Å². The molecule has 4 heteroatoms. The molecule has 23 heavy (non-hydrogen) atoms. The van der Waals surface area contributed by atoms with Crippen LogP contribution in [0.2, 0.25) is 0 Å². The lowest BCUT2D eigenvalue weighted by Crippen LogP contribution is -2.22. The minimum absolute atomic E-state index is 0.0828. The summed E-state index contributed by atoms with van der Waals surface area (Å²) in [5.41, 5.74) is 2.70. The number of aryl methyl sites for hydroxylation is 1. The van der Waals surface area contributed by atoms with Crippen LogP contribution in [0.4, 0.5) is 0 Å². The topological polar surface area (TPSA) is 47.6 Å². The second-order valence-corrected chi connectivity index (χ2v) is 5.20. The lowest BCUT2D eigenvalue weighted by atomic mass is 10.1. The van der Waals surface area contributed by atoms with Crippen molar-refractivity contribution in [3.63, 3.8) is 0 Å². The summed E-state index contributed by atoms with van der Waals surface area (Å²) in [5, 5.41) is 2.93. The first-order chi connectivity index (χ1) is 11.1. The fourth-order valence-electron chi connectivity index (χ4n) is 2.28. The number of carbonyl (C=O) groups excluding carboxylic acids is 1. The van der Waals surface area contributed by atoms with E-state index in [-0.39, 0.29) is 5.91 Å². The van der Waals surface area contributed by atoms with Gasteiger partial charge in [0.2, 0.25) is 0 Å². The van der Waals surface area contributed by atoms with Crippen LogP contribution in [0.1, 0.15) is 35.3 Å². The average Bonchev–Trinajstić information content (AvgIpc) is 2.55. The number of rotatable bonds is 7. The van der Waals surface area contributed by atoms with Crippen molar-refractivity contribution in [3.8, 4) is 11.5 Å². The lowest BCUT2D eigenvalue weighted by molar-refractivity contribution is 0.0950. The summed E-state index contributed by atoms with van der Waals surface area (Å²) in [4.78, 5) is 12.2. The molecule has 0 aliphatic heterocycles. The third kappa shape index (κ3) is 4.74. The highest BCUT2D eigenvalue weighted by Crippen LogP contribution is 2.28. The van der Waals surface area contributed by atoms with Crippen LogP contribution in [-0.4, -0.2) is 19.1 Å². The van der Waals surface area contributed by atoms with Crippen LogP contribution >= 0.6 is 0 Å². The summed E-state index contributed by atoms with van der Waals surface area (Å²) < 4.78 is 11.1. The fraction of sp³-hybridized carbons (Fsp3) is 0.316. The SMILES string of the molecule is CCOc1ccc(CNC(=O)c2cccc(C)c2)cc1OCC. The largest absolute Gasteiger partial charge is 0.490 e. The molecule has 2 aromatic carbocycles. The smallest absolute Gasteiger partial charge is 0.251 e. The van der Waals surface area contributed by atoms with Crippen molar-refractivity contribution < 1.29 is 14.3 Å². The van der Waals surface area contributed by atoms with E-state index in [2.05, 4.69) is 5.32 Å². The fourth-order valence-corrected chi connectivity index (χ4v) is 2.28. The second kappa shape index (κ2) is 8.22. The number of amides is 1. The van der Waals surface area contributed by atoms with Gasteiger partial charge in [-0.05, 0) is 50.6 Å². The highest BCUT2D eigenvalue weighted by molar-refractivity contribution is 5.94. The van der Waals surface area contributed by atoms with Crippen LogP contribution in [-0.2, 0) is 6.54 Å². The third-order valence-electron chi connectivity index (χ3n) is 3.34. The molecule has 0 saturated carbocycles. The van der Waals surface area contributed by atoms with Gasteiger partial charge in [-0.15, -0.1) is 0 Å². The molecule has 0 bridgehead atoms. The minimum Gasteiger partial charge on any atom is -0.490 e. The first kappa shape index (κ1) is 16.9.